The number of nitrogens with one attached hydrogen (secondary N) is 1. The maximum atomic E-state index is 11.7. The second-order valence-corrected chi connectivity index (χ2v) is 5.00. The zero-order valence-corrected chi connectivity index (χ0v) is 12.8. The van der Waals surface area contributed by atoms with Gasteiger partial charge in [-0.15, -0.1) is 0 Å². The molecule has 120 valence electrons. The van der Waals surface area contributed by atoms with Crippen molar-refractivity contribution in [2.24, 2.45) is 0 Å². The van der Waals surface area contributed by atoms with Crippen LogP contribution >= 0.6 is 0 Å². The van der Waals surface area contributed by atoms with Gasteiger partial charge >= 0.3 is 0 Å². The number of amides is 1. The Hall–Kier alpha value is -2.96. The molecular formula is C16H18N4O3. The summed E-state index contributed by atoms with van der Waals surface area (Å²) in [5, 5.41) is 13.5. The predicted octanol–water partition coefficient (Wildman–Crippen LogP) is 2.32. The highest BCUT2D eigenvalue weighted by Gasteiger charge is 2.04. The largest absolute Gasteiger partial charge is 0.352 e. The van der Waals surface area contributed by atoms with Crippen LogP contribution in [0.2, 0.25) is 0 Å². The van der Waals surface area contributed by atoms with Crippen molar-refractivity contribution in [3.8, 4) is 0 Å². The average Bonchev–Trinajstić information content (AvgIpc) is 2.95. The number of imidazole rings is 1. The van der Waals surface area contributed by atoms with Crippen molar-refractivity contribution in [3.63, 3.8) is 0 Å². The first-order valence-corrected chi connectivity index (χ1v) is 7.24. The Balaban J connectivity index is 1.77. The summed E-state index contributed by atoms with van der Waals surface area (Å²) in [5.41, 5.74) is 0.617. The lowest BCUT2D eigenvalue weighted by Gasteiger charge is -2.05. The number of aryl methyl sites for hydroxylation is 2. The maximum Gasteiger partial charge on any atom is 0.270 e. The number of nitro groups is 1. The molecule has 0 saturated carbocycles. The van der Waals surface area contributed by atoms with Crippen LogP contribution in [0.1, 0.15) is 17.8 Å². The molecule has 2 rings (SSSR count). The van der Waals surface area contributed by atoms with Gasteiger partial charge in [-0.25, -0.2) is 4.98 Å². The third-order valence-corrected chi connectivity index (χ3v) is 3.31. The van der Waals surface area contributed by atoms with Crippen molar-refractivity contribution in [1.29, 1.82) is 0 Å². The van der Waals surface area contributed by atoms with Crippen LogP contribution in [0.4, 0.5) is 5.69 Å². The highest BCUT2D eigenvalue weighted by molar-refractivity contribution is 5.91. The van der Waals surface area contributed by atoms with Crippen molar-refractivity contribution in [1.82, 2.24) is 14.9 Å². The molecule has 0 saturated heterocycles. The Kier molecular flexibility index (Phi) is 5.62. The molecule has 0 aliphatic carbocycles. The van der Waals surface area contributed by atoms with E-state index in [1.807, 2.05) is 17.7 Å². The van der Waals surface area contributed by atoms with Crippen molar-refractivity contribution < 1.29 is 9.72 Å². The quantitative estimate of drug-likeness (QED) is 0.367. The fourth-order valence-corrected chi connectivity index (χ4v) is 2.07. The van der Waals surface area contributed by atoms with E-state index in [4.69, 9.17) is 0 Å². The van der Waals surface area contributed by atoms with Crippen LogP contribution in [0.3, 0.4) is 0 Å². The number of rotatable bonds is 7. The number of nitro benzene ring substituents is 1. The zero-order valence-electron chi connectivity index (χ0n) is 12.8. The number of hydrogen-bond donors (Lipinski definition) is 1. The highest BCUT2D eigenvalue weighted by atomic mass is 16.6. The summed E-state index contributed by atoms with van der Waals surface area (Å²) in [7, 11) is 0. The third kappa shape index (κ3) is 5.06. The number of aromatic nitrogens is 2. The van der Waals surface area contributed by atoms with E-state index in [9.17, 15) is 14.9 Å². The average molecular weight is 314 g/mol. The Bertz CT molecular complexity index is 722. The molecule has 0 fully saturated rings. The molecule has 1 amide bonds. The maximum absolute atomic E-state index is 11.7. The van der Waals surface area contributed by atoms with E-state index in [1.54, 1.807) is 24.4 Å². The lowest BCUT2D eigenvalue weighted by molar-refractivity contribution is -0.384. The van der Waals surface area contributed by atoms with E-state index < -0.39 is 4.92 Å². The summed E-state index contributed by atoms with van der Waals surface area (Å²) in [6.45, 7) is 3.27. The van der Waals surface area contributed by atoms with Crippen LogP contribution in [0, 0.1) is 17.0 Å². The number of carbonyl (C=O) groups excluding carboxylic acids is 1. The zero-order chi connectivity index (χ0) is 16.7. The molecule has 1 aromatic carbocycles. The molecule has 1 N–H and O–H groups in total. The molecule has 0 bridgehead atoms. The lowest BCUT2D eigenvalue weighted by atomic mass is 10.2. The number of non-ortho nitro benzene ring substituents is 1. The summed E-state index contributed by atoms with van der Waals surface area (Å²) in [6, 6.07) is 6.13. The van der Waals surface area contributed by atoms with E-state index in [0.29, 0.717) is 12.1 Å². The third-order valence-electron chi connectivity index (χ3n) is 3.31. The Labute approximate surface area is 133 Å². The van der Waals surface area contributed by atoms with Gasteiger partial charge in [0.05, 0.1) is 4.92 Å². The van der Waals surface area contributed by atoms with E-state index in [-0.39, 0.29) is 11.6 Å². The van der Waals surface area contributed by atoms with Crippen molar-refractivity contribution in [2.75, 3.05) is 6.54 Å². The number of hydrogen-bond acceptors (Lipinski definition) is 4. The minimum absolute atomic E-state index is 0.00302. The van der Waals surface area contributed by atoms with Crippen molar-refractivity contribution in [3.05, 3.63) is 64.2 Å². The van der Waals surface area contributed by atoms with Crippen molar-refractivity contribution >= 4 is 17.7 Å². The molecule has 7 heteroatoms. The molecule has 0 unspecified atom stereocenters. The first-order valence-electron chi connectivity index (χ1n) is 7.24. The SMILES string of the molecule is Cc1nccn1CCCNC(=O)/C=C/c1cccc([N+](=O)[O-])c1. The van der Waals surface area contributed by atoms with Crippen LogP contribution in [-0.2, 0) is 11.3 Å². The molecular weight excluding hydrogens is 296 g/mol. The summed E-state index contributed by atoms with van der Waals surface area (Å²) in [5.74, 6) is 0.723. The molecule has 0 aliphatic rings. The minimum atomic E-state index is -0.463. The molecule has 0 spiro atoms. The Morgan fingerprint density at radius 1 is 1.48 bits per heavy atom. The van der Waals surface area contributed by atoms with E-state index in [0.717, 1.165) is 18.8 Å². The van der Waals surface area contributed by atoms with Gasteiger partial charge in [0.2, 0.25) is 5.91 Å². The Morgan fingerprint density at radius 3 is 3.00 bits per heavy atom. The van der Waals surface area contributed by atoms with Gasteiger partial charge in [0.15, 0.2) is 0 Å². The van der Waals surface area contributed by atoms with Crippen LogP contribution < -0.4 is 5.32 Å². The van der Waals surface area contributed by atoms with Gasteiger partial charge in [-0.2, -0.15) is 0 Å². The first-order chi connectivity index (χ1) is 11.1. The monoisotopic (exact) mass is 314 g/mol. The molecule has 2 aromatic rings. The van der Waals surface area contributed by atoms with E-state index >= 15 is 0 Å². The minimum Gasteiger partial charge on any atom is -0.352 e. The summed E-state index contributed by atoms with van der Waals surface area (Å²) in [4.78, 5) is 26.1. The Morgan fingerprint density at radius 2 is 2.30 bits per heavy atom. The molecule has 23 heavy (non-hydrogen) atoms. The van der Waals surface area contributed by atoms with Crippen LogP contribution in [0.25, 0.3) is 6.08 Å². The normalized spacial score (nSPS) is 10.8. The van der Waals surface area contributed by atoms with Gasteiger partial charge in [-0.05, 0) is 25.0 Å². The molecule has 0 atom stereocenters. The molecule has 0 radical (unpaired) electrons. The molecule has 1 aromatic heterocycles. The second kappa shape index (κ2) is 7.88. The van der Waals surface area contributed by atoms with E-state index in [2.05, 4.69) is 10.3 Å². The molecule has 1 heterocycles. The lowest BCUT2D eigenvalue weighted by Crippen LogP contribution is -2.23. The standard InChI is InChI=1S/C16H18N4O3/c1-13-17-9-11-19(13)10-3-8-18-16(21)7-6-14-4-2-5-15(12-14)20(22)23/h2,4-7,9,11-12H,3,8,10H2,1H3,(H,18,21)/b7-6+. The van der Waals surface area contributed by atoms with E-state index in [1.165, 1.54) is 18.2 Å². The van der Waals surface area contributed by atoms with Gasteiger partial charge in [0.25, 0.3) is 5.69 Å². The van der Waals surface area contributed by atoms with Crippen LogP contribution in [0.15, 0.2) is 42.7 Å². The van der Waals surface area contributed by atoms with Gasteiger partial charge in [0, 0.05) is 43.7 Å². The molecule has 7 nitrogen and oxygen atoms in total. The fraction of sp³-hybridized carbons (Fsp3) is 0.250. The van der Waals surface area contributed by atoms with Crippen LogP contribution in [-0.4, -0.2) is 26.9 Å². The summed E-state index contributed by atoms with van der Waals surface area (Å²) in [6.07, 6.45) is 7.38. The van der Waals surface area contributed by atoms with Crippen LogP contribution in [0.5, 0.6) is 0 Å². The summed E-state index contributed by atoms with van der Waals surface area (Å²) >= 11 is 0. The van der Waals surface area contributed by atoms with Gasteiger partial charge in [0.1, 0.15) is 5.82 Å². The van der Waals surface area contributed by atoms with Gasteiger partial charge in [-0.3, -0.25) is 14.9 Å². The predicted molar refractivity (Wildman–Crippen MR) is 86.7 cm³/mol. The number of nitrogens with zero attached hydrogens (tertiary/aromatic N) is 3. The topological polar surface area (TPSA) is 90.1 Å². The molecule has 0 aliphatic heterocycles. The van der Waals surface area contributed by atoms with Crippen molar-refractivity contribution in [2.45, 2.75) is 19.9 Å². The fourth-order valence-electron chi connectivity index (χ4n) is 2.07. The summed E-state index contributed by atoms with van der Waals surface area (Å²) < 4.78 is 2.02. The van der Waals surface area contributed by atoms with Gasteiger partial charge in [-0.1, -0.05) is 12.1 Å². The second-order valence-electron chi connectivity index (χ2n) is 5.00. The smallest absolute Gasteiger partial charge is 0.270 e. The number of carbonyl (C=O) groups is 1. The number of benzene rings is 1. The van der Waals surface area contributed by atoms with Gasteiger partial charge < -0.3 is 9.88 Å². The first kappa shape index (κ1) is 16.4. The highest BCUT2D eigenvalue weighted by Crippen LogP contribution is 2.13.